The predicted octanol–water partition coefficient (Wildman–Crippen LogP) is 4.28. The van der Waals surface area contributed by atoms with Crippen molar-refractivity contribution in [2.75, 3.05) is 25.1 Å². The van der Waals surface area contributed by atoms with Crippen LogP contribution in [-0.2, 0) is 4.79 Å². The summed E-state index contributed by atoms with van der Waals surface area (Å²) in [6.45, 7) is 2.01. The molecule has 3 aromatic heterocycles. The molecule has 8 heteroatoms. The normalized spacial score (nSPS) is 18.8. The van der Waals surface area contributed by atoms with Gasteiger partial charge in [-0.3, -0.25) is 4.79 Å². The molecule has 32 heavy (non-hydrogen) atoms. The highest BCUT2D eigenvalue weighted by atomic mass is 16.5. The quantitative estimate of drug-likeness (QED) is 0.616. The van der Waals surface area contributed by atoms with E-state index in [1.54, 1.807) is 7.11 Å². The molecule has 168 valence electrons. The number of carbonyl (C=O) groups is 1. The molecule has 1 spiro atoms. The number of rotatable bonds is 5. The van der Waals surface area contributed by atoms with E-state index in [4.69, 9.17) is 14.8 Å². The van der Waals surface area contributed by atoms with Gasteiger partial charge in [-0.05, 0) is 68.1 Å². The number of aromatic nitrogens is 4. The Morgan fingerprint density at radius 3 is 2.59 bits per heavy atom. The topological polar surface area (TPSA) is 104 Å². The number of anilines is 1. The van der Waals surface area contributed by atoms with Gasteiger partial charge >= 0.3 is 5.97 Å². The van der Waals surface area contributed by atoms with E-state index >= 15 is 0 Å². The van der Waals surface area contributed by atoms with Crippen LogP contribution in [0.1, 0.15) is 44.9 Å². The Kier molecular flexibility index (Phi) is 5.45. The van der Waals surface area contributed by atoms with Gasteiger partial charge in [0.15, 0.2) is 5.65 Å². The maximum atomic E-state index is 11.0. The first kappa shape index (κ1) is 20.7. The minimum Gasteiger partial charge on any atom is -0.481 e. The van der Waals surface area contributed by atoms with Crippen LogP contribution in [-0.4, -0.2) is 51.2 Å². The molecule has 2 N–H and O–H groups in total. The molecule has 3 aromatic rings. The third-order valence-electron chi connectivity index (χ3n) is 7.33. The van der Waals surface area contributed by atoms with E-state index in [0.717, 1.165) is 74.3 Å². The van der Waals surface area contributed by atoms with E-state index in [9.17, 15) is 4.79 Å². The maximum absolute atomic E-state index is 11.0. The van der Waals surface area contributed by atoms with Crippen LogP contribution in [0.4, 0.5) is 5.82 Å². The lowest BCUT2D eigenvalue weighted by Gasteiger charge is -2.46. The summed E-state index contributed by atoms with van der Waals surface area (Å²) in [5.74, 6) is 1.99. The van der Waals surface area contributed by atoms with Gasteiger partial charge in [0.1, 0.15) is 11.6 Å². The number of hydrogen-bond acceptors (Lipinski definition) is 6. The van der Waals surface area contributed by atoms with Crippen LogP contribution in [0.3, 0.4) is 0 Å². The fourth-order valence-electron chi connectivity index (χ4n) is 5.29. The number of carboxylic acid groups (broad SMARTS) is 1. The zero-order valence-electron chi connectivity index (χ0n) is 18.4. The molecule has 0 radical (unpaired) electrons. The van der Waals surface area contributed by atoms with Crippen LogP contribution < -0.4 is 9.64 Å². The summed E-state index contributed by atoms with van der Waals surface area (Å²) < 4.78 is 5.18. The minimum absolute atomic E-state index is 0.327. The highest BCUT2D eigenvalue weighted by Crippen LogP contribution is 2.47. The second-order valence-electron chi connectivity index (χ2n) is 9.24. The van der Waals surface area contributed by atoms with E-state index < -0.39 is 5.97 Å². The molecular weight excluding hydrogens is 406 g/mol. The number of methoxy groups -OCH3 is 1. The molecule has 1 saturated heterocycles. The molecule has 0 atom stereocenters. The third kappa shape index (κ3) is 4.13. The standard InChI is InChI=1S/C24H29N5O3/c1-32-20-5-3-18-23(27-20)28-22(26-18)17-2-4-19(25-15-17)29-12-10-24(11-13-29)8-6-16(7-9-24)14-21(30)31/h2-5,15-16H,6-14H2,1H3,(H,30,31)(H,26,27,28). The molecule has 2 aliphatic rings. The highest BCUT2D eigenvalue weighted by molar-refractivity contribution is 5.76. The summed E-state index contributed by atoms with van der Waals surface area (Å²) in [5, 5.41) is 9.05. The average molecular weight is 436 g/mol. The lowest BCUT2D eigenvalue weighted by molar-refractivity contribution is -0.138. The Morgan fingerprint density at radius 1 is 1.16 bits per heavy atom. The van der Waals surface area contributed by atoms with E-state index in [0.29, 0.717) is 29.3 Å². The second-order valence-corrected chi connectivity index (χ2v) is 9.24. The number of aromatic amines is 1. The maximum Gasteiger partial charge on any atom is 0.303 e. The number of nitrogens with zero attached hydrogens (tertiary/aromatic N) is 4. The SMILES string of the molecule is COc1ccc2[nH]c(-c3ccc(N4CCC5(CCC(CC(=O)O)CC5)CC4)nc3)nc2n1. The van der Waals surface area contributed by atoms with Crippen molar-refractivity contribution in [3.63, 3.8) is 0 Å². The number of piperidine rings is 1. The first-order chi connectivity index (χ1) is 15.5. The number of pyridine rings is 2. The molecule has 4 heterocycles. The van der Waals surface area contributed by atoms with Crippen LogP contribution in [0.15, 0.2) is 30.5 Å². The van der Waals surface area contributed by atoms with Crippen molar-refractivity contribution in [3.8, 4) is 17.3 Å². The first-order valence-corrected chi connectivity index (χ1v) is 11.4. The van der Waals surface area contributed by atoms with Gasteiger partial charge in [-0.15, -0.1) is 0 Å². The molecule has 1 saturated carbocycles. The fourth-order valence-corrected chi connectivity index (χ4v) is 5.29. The van der Waals surface area contributed by atoms with Gasteiger partial charge in [0, 0.05) is 37.3 Å². The predicted molar refractivity (Wildman–Crippen MR) is 122 cm³/mol. The number of carboxylic acids is 1. The van der Waals surface area contributed by atoms with Crippen molar-refractivity contribution < 1.29 is 14.6 Å². The summed E-state index contributed by atoms with van der Waals surface area (Å²) in [4.78, 5) is 30.3. The van der Waals surface area contributed by atoms with Gasteiger partial charge < -0.3 is 19.7 Å². The Bertz CT molecular complexity index is 1090. The first-order valence-electron chi connectivity index (χ1n) is 11.4. The lowest BCUT2D eigenvalue weighted by Crippen LogP contribution is -2.42. The summed E-state index contributed by atoms with van der Waals surface area (Å²) >= 11 is 0. The smallest absolute Gasteiger partial charge is 0.303 e. The van der Waals surface area contributed by atoms with E-state index in [-0.39, 0.29) is 0 Å². The van der Waals surface area contributed by atoms with Gasteiger partial charge in [0.2, 0.25) is 5.88 Å². The van der Waals surface area contributed by atoms with Crippen molar-refractivity contribution in [1.29, 1.82) is 0 Å². The van der Waals surface area contributed by atoms with Gasteiger partial charge in [-0.1, -0.05) is 0 Å². The summed E-state index contributed by atoms with van der Waals surface area (Å²) in [6, 6.07) is 7.85. The number of hydrogen-bond donors (Lipinski definition) is 2. The number of imidazole rings is 1. The van der Waals surface area contributed by atoms with Crippen LogP contribution in [0, 0.1) is 11.3 Å². The molecule has 0 aromatic carbocycles. The number of ether oxygens (including phenoxy) is 1. The molecule has 0 unspecified atom stereocenters. The van der Waals surface area contributed by atoms with Gasteiger partial charge in [0.05, 0.1) is 12.6 Å². The third-order valence-corrected chi connectivity index (χ3v) is 7.33. The van der Waals surface area contributed by atoms with Crippen molar-refractivity contribution in [2.24, 2.45) is 11.3 Å². The number of aliphatic carboxylic acids is 1. The van der Waals surface area contributed by atoms with E-state index in [2.05, 4.69) is 32.0 Å². The monoisotopic (exact) mass is 435 g/mol. The Balaban J connectivity index is 1.22. The summed E-state index contributed by atoms with van der Waals surface area (Å²) in [5.41, 5.74) is 2.82. The Labute approximate surface area is 187 Å². The van der Waals surface area contributed by atoms with Gasteiger partial charge in [-0.2, -0.15) is 4.98 Å². The molecule has 0 amide bonds. The lowest BCUT2D eigenvalue weighted by atomic mass is 9.65. The fraction of sp³-hybridized carbons (Fsp3) is 0.500. The number of fused-ring (bicyclic) bond motifs is 1. The second kappa shape index (κ2) is 8.41. The van der Waals surface area contributed by atoms with Crippen LogP contribution in [0.5, 0.6) is 5.88 Å². The Hall–Kier alpha value is -3.16. The average Bonchev–Trinajstić information content (AvgIpc) is 3.24. The number of H-pyrrole nitrogens is 1. The molecule has 2 fully saturated rings. The van der Waals surface area contributed by atoms with Gasteiger partial charge in [-0.25, -0.2) is 9.97 Å². The zero-order valence-corrected chi connectivity index (χ0v) is 18.4. The van der Waals surface area contributed by atoms with Crippen molar-refractivity contribution >= 4 is 23.0 Å². The zero-order chi connectivity index (χ0) is 22.1. The number of nitrogens with one attached hydrogen (secondary N) is 1. The molecule has 1 aliphatic heterocycles. The molecule has 8 nitrogen and oxygen atoms in total. The van der Waals surface area contributed by atoms with Crippen molar-refractivity contribution in [2.45, 2.75) is 44.9 Å². The Morgan fingerprint density at radius 2 is 1.94 bits per heavy atom. The van der Waals surface area contributed by atoms with Crippen LogP contribution >= 0.6 is 0 Å². The van der Waals surface area contributed by atoms with E-state index in [1.807, 2.05) is 18.3 Å². The molecular formula is C24H29N5O3. The van der Waals surface area contributed by atoms with Crippen molar-refractivity contribution in [3.05, 3.63) is 30.5 Å². The largest absolute Gasteiger partial charge is 0.481 e. The van der Waals surface area contributed by atoms with Gasteiger partial charge in [0.25, 0.3) is 0 Å². The minimum atomic E-state index is -0.658. The molecule has 0 bridgehead atoms. The van der Waals surface area contributed by atoms with Crippen LogP contribution in [0.25, 0.3) is 22.6 Å². The van der Waals surface area contributed by atoms with Crippen molar-refractivity contribution in [1.82, 2.24) is 19.9 Å². The van der Waals surface area contributed by atoms with E-state index in [1.165, 1.54) is 0 Å². The molecule has 5 rings (SSSR count). The summed E-state index contributed by atoms with van der Waals surface area (Å²) in [6.07, 6.45) is 8.95. The summed E-state index contributed by atoms with van der Waals surface area (Å²) in [7, 11) is 1.59. The highest BCUT2D eigenvalue weighted by Gasteiger charge is 2.38. The molecule has 1 aliphatic carbocycles. The van der Waals surface area contributed by atoms with Crippen LogP contribution in [0.2, 0.25) is 0 Å².